The van der Waals surface area contributed by atoms with Crippen molar-refractivity contribution in [2.24, 2.45) is 4.99 Å². The maximum absolute atomic E-state index is 11.4. The van der Waals surface area contributed by atoms with Gasteiger partial charge in [-0.05, 0) is 44.0 Å². The summed E-state index contributed by atoms with van der Waals surface area (Å²) < 4.78 is 28.2. The van der Waals surface area contributed by atoms with Crippen molar-refractivity contribution in [1.29, 1.82) is 0 Å². The van der Waals surface area contributed by atoms with Gasteiger partial charge in [-0.15, -0.1) is 24.0 Å². The quantitative estimate of drug-likeness (QED) is 0.273. The van der Waals surface area contributed by atoms with Crippen molar-refractivity contribution in [3.8, 4) is 0 Å². The summed E-state index contributed by atoms with van der Waals surface area (Å²) in [5.74, 6) is 1.85. The zero-order valence-corrected chi connectivity index (χ0v) is 20.4. The van der Waals surface area contributed by atoms with Gasteiger partial charge in [0.05, 0.1) is 18.8 Å². The van der Waals surface area contributed by atoms with Crippen LogP contribution in [0.1, 0.15) is 36.5 Å². The van der Waals surface area contributed by atoms with Gasteiger partial charge < -0.3 is 20.2 Å². The Morgan fingerprint density at radius 3 is 2.28 bits per heavy atom. The SMILES string of the molecule is CCNC(=NCc1ccc(CS(C)(=O)=O)cc1)NCC(C)(O)c1ccc(C)o1.I. The highest BCUT2D eigenvalue weighted by Crippen LogP contribution is 2.21. The first-order valence-corrected chi connectivity index (χ1v) is 11.2. The van der Waals surface area contributed by atoms with Crippen LogP contribution in [0.3, 0.4) is 0 Å². The predicted molar refractivity (Wildman–Crippen MR) is 126 cm³/mol. The third-order valence-corrected chi connectivity index (χ3v) is 4.94. The Balaban J connectivity index is 0.00000420. The average Bonchev–Trinajstić information content (AvgIpc) is 3.05. The molecule has 2 aromatic rings. The van der Waals surface area contributed by atoms with E-state index in [0.29, 0.717) is 24.8 Å². The van der Waals surface area contributed by atoms with Crippen LogP contribution in [0.2, 0.25) is 0 Å². The second-order valence-electron chi connectivity index (χ2n) is 7.12. The fraction of sp³-hybridized carbons (Fsp3) is 0.450. The Bertz CT molecular complexity index is 906. The van der Waals surface area contributed by atoms with Crippen molar-refractivity contribution in [3.63, 3.8) is 0 Å². The fourth-order valence-electron chi connectivity index (χ4n) is 2.62. The van der Waals surface area contributed by atoms with E-state index in [2.05, 4.69) is 15.6 Å². The molecule has 29 heavy (non-hydrogen) atoms. The van der Waals surface area contributed by atoms with E-state index in [1.165, 1.54) is 6.26 Å². The monoisotopic (exact) mass is 535 g/mol. The van der Waals surface area contributed by atoms with Gasteiger partial charge in [0.25, 0.3) is 0 Å². The van der Waals surface area contributed by atoms with Gasteiger partial charge in [0.1, 0.15) is 17.1 Å². The number of halogens is 1. The molecule has 2 rings (SSSR count). The van der Waals surface area contributed by atoms with E-state index >= 15 is 0 Å². The summed E-state index contributed by atoms with van der Waals surface area (Å²) in [6.45, 7) is 6.82. The van der Waals surface area contributed by atoms with Gasteiger partial charge in [-0.2, -0.15) is 0 Å². The number of aryl methyl sites for hydroxylation is 1. The summed E-state index contributed by atoms with van der Waals surface area (Å²) in [5.41, 5.74) is 0.547. The van der Waals surface area contributed by atoms with Crippen LogP contribution in [0.25, 0.3) is 0 Å². The van der Waals surface area contributed by atoms with Gasteiger partial charge in [-0.1, -0.05) is 24.3 Å². The molecule has 0 saturated carbocycles. The van der Waals surface area contributed by atoms with Crippen molar-refractivity contribution >= 4 is 39.8 Å². The van der Waals surface area contributed by atoms with Crippen molar-refractivity contribution in [2.45, 2.75) is 38.7 Å². The van der Waals surface area contributed by atoms with Gasteiger partial charge in [0.2, 0.25) is 0 Å². The molecule has 1 aromatic carbocycles. The first-order chi connectivity index (χ1) is 13.1. The lowest BCUT2D eigenvalue weighted by Gasteiger charge is -2.22. The Morgan fingerprint density at radius 2 is 1.76 bits per heavy atom. The Morgan fingerprint density at radius 1 is 1.14 bits per heavy atom. The van der Waals surface area contributed by atoms with E-state index in [9.17, 15) is 13.5 Å². The molecule has 7 nitrogen and oxygen atoms in total. The Labute approximate surface area is 189 Å². The Hall–Kier alpha value is -1.59. The largest absolute Gasteiger partial charge is 0.463 e. The van der Waals surface area contributed by atoms with Crippen LogP contribution >= 0.6 is 24.0 Å². The molecule has 0 amide bonds. The molecule has 1 aromatic heterocycles. The number of nitrogens with one attached hydrogen (secondary N) is 2. The van der Waals surface area contributed by atoms with Gasteiger partial charge in [0, 0.05) is 12.8 Å². The minimum Gasteiger partial charge on any atom is -0.463 e. The summed E-state index contributed by atoms with van der Waals surface area (Å²) in [5, 5.41) is 16.9. The van der Waals surface area contributed by atoms with Crippen molar-refractivity contribution in [1.82, 2.24) is 10.6 Å². The summed E-state index contributed by atoms with van der Waals surface area (Å²) in [4.78, 5) is 4.52. The number of sulfone groups is 1. The van der Waals surface area contributed by atoms with E-state index in [1.54, 1.807) is 25.1 Å². The minimum absolute atomic E-state index is 0. The number of furan rings is 1. The lowest BCUT2D eigenvalue weighted by Crippen LogP contribution is -2.44. The van der Waals surface area contributed by atoms with Crippen LogP contribution in [0.5, 0.6) is 0 Å². The normalized spacial score (nSPS) is 14.0. The molecule has 0 aliphatic carbocycles. The lowest BCUT2D eigenvalue weighted by atomic mass is 10.0. The number of rotatable bonds is 8. The standard InChI is InChI=1S/C20H29N3O4S.HI/c1-5-21-19(23-14-20(3,24)18-11-6-15(2)27-18)22-12-16-7-9-17(10-8-16)13-28(4,25)26;/h6-11,24H,5,12-14H2,1-4H3,(H2,21,22,23);1H. The van der Waals surface area contributed by atoms with Crippen LogP contribution in [0.4, 0.5) is 0 Å². The van der Waals surface area contributed by atoms with E-state index in [4.69, 9.17) is 4.42 Å². The third kappa shape index (κ3) is 8.75. The maximum Gasteiger partial charge on any atom is 0.191 e. The molecule has 0 fully saturated rings. The van der Waals surface area contributed by atoms with Crippen LogP contribution in [0.15, 0.2) is 45.8 Å². The molecule has 0 saturated heterocycles. The zero-order valence-electron chi connectivity index (χ0n) is 17.2. The molecule has 0 spiro atoms. The highest BCUT2D eigenvalue weighted by atomic mass is 127. The predicted octanol–water partition coefficient (Wildman–Crippen LogP) is 2.71. The molecule has 3 N–H and O–H groups in total. The van der Waals surface area contributed by atoms with Crippen LogP contribution in [-0.4, -0.2) is 38.8 Å². The molecule has 0 bridgehead atoms. The second kappa shape index (κ2) is 11.0. The lowest BCUT2D eigenvalue weighted by molar-refractivity contribution is 0.0378. The molecule has 9 heteroatoms. The number of benzene rings is 1. The number of hydrogen-bond donors (Lipinski definition) is 3. The van der Waals surface area contributed by atoms with E-state index in [-0.39, 0.29) is 36.3 Å². The molecule has 1 atom stereocenters. The fourth-order valence-corrected chi connectivity index (χ4v) is 3.42. The summed E-state index contributed by atoms with van der Waals surface area (Å²) in [7, 11) is -3.04. The second-order valence-corrected chi connectivity index (χ2v) is 9.26. The molecule has 0 radical (unpaired) electrons. The van der Waals surface area contributed by atoms with Crippen LogP contribution in [0, 0.1) is 6.92 Å². The molecular weight excluding hydrogens is 505 g/mol. The molecule has 0 aliphatic heterocycles. The van der Waals surface area contributed by atoms with Gasteiger partial charge in [-0.25, -0.2) is 13.4 Å². The number of aliphatic hydroxyl groups is 1. The first kappa shape index (κ1) is 25.4. The van der Waals surface area contributed by atoms with Crippen molar-refractivity contribution < 1.29 is 17.9 Å². The minimum atomic E-state index is -3.04. The molecule has 1 unspecified atom stereocenters. The number of hydrogen-bond acceptors (Lipinski definition) is 5. The third-order valence-electron chi connectivity index (χ3n) is 4.09. The summed E-state index contributed by atoms with van der Waals surface area (Å²) >= 11 is 0. The topological polar surface area (TPSA) is 104 Å². The Kier molecular flexibility index (Phi) is 9.63. The van der Waals surface area contributed by atoms with Gasteiger partial charge >= 0.3 is 0 Å². The van der Waals surface area contributed by atoms with Crippen LogP contribution < -0.4 is 10.6 Å². The summed E-state index contributed by atoms with van der Waals surface area (Å²) in [6.07, 6.45) is 1.22. The van der Waals surface area contributed by atoms with Crippen molar-refractivity contribution in [2.75, 3.05) is 19.3 Å². The van der Waals surface area contributed by atoms with E-state index in [1.807, 2.05) is 32.0 Å². The van der Waals surface area contributed by atoms with Crippen molar-refractivity contribution in [3.05, 3.63) is 59.0 Å². The van der Waals surface area contributed by atoms with Gasteiger partial charge in [0.15, 0.2) is 15.8 Å². The van der Waals surface area contributed by atoms with E-state index in [0.717, 1.165) is 16.9 Å². The zero-order chi connectivity index (χ0) is 20.8. The number of aliphatic imine (C=N–C) groups is 1. The highest BCUT2D eigenvalue weighted by Gasteiger charge is 2.27. The molecular formula is C20H30IN3O4S. The summed E-state index contributed by atoms with van der Waals surface area (Å²) in [6, 6.07) is 10.9. The van der Waals surface area contributed by atoms with Gasteiger partial charge in [-0.3, -0.25) is 0 Å². The molecule has 162 valence electrons. The smallest absolute Gasteiger partial charge is 0.191 e. The average molecular weight is 535 g/mol. The van der Waals surface area contributed by atoms with Crippen LogP contribution in [-0.2, 0) is 27.7 Å². The molecule has 1 heterocycles. The van der Waals surface area contributed by atoms with E-state index < -0.39 is 15.4 Å². The maximum atomic E-state index is 11.4. The number of guanidine groups is 1. The first-order valence-electron chi connectivity index (χ1n) is 9.16. The highest BCUT2D eigenvalue weighted by molar-refractivity contribution is 14.0. The molecule has 0 aliphatic rings. The number of nitrogens with zero attached hydrogens (tertiary/aromatic N) is 1.